The molecule has 2 aliphatic heterocycles. The normalized spacial score (nSPS) is 21.3. The number of likely N-dealkylation sites (tertiary alicyclic amines) is 1. The number of nitrogens with zero attached hydrogens (tertiary/aromatic N) is 3. The second-order valence-electron chi connectivity index (χ2n) is 10.0. The Morgan fingerprint density at radius 3 is 1.92 bits per heavy atom. The summed E-state index contributed by atoms with van der Waals surface area (Å²) in [5.74, 6) is -0.0170. The number of amides is 1. The third-order valence-electron chi connectivity index (χ3n) is 7.65. The molecule has 4 nitrogen and oxygen atoms in total. The minimum Gasteiger partial charge on any atom is -0.339 e. The fraction of sp³-hybridized carbons (Fsp3) is 0.367. The van der Waals surface area contributed by atoms with Crippen molar-refractivity contribution >= 4 is 5.91 Å². The van der Waals surface area contributed by atoms with Crippen molar-refractivity contribution in [2.45, 2.75) is 32.0 Å². The quantitative estimate of drug-likeness (QED) is 0.482. The van der Waals surface area contributed by atoms with E-state index >= 15 is 0 Å². The van der Waals surface area contributed by atoms with Crippen molar-refractivity contribution in [2.24, 2.45) is 5.92 Å². The molecular weight excluding hydrogens is 456 g/mol. The van der Waals surface area contributed by atoms with Gasteiger partial charge in [-0.25, -0.2) is 8.78 Å². The summed E-state index contributed by atoms with van der Waals surface area (Å²) >= 11 is 0. The highest BCUT2D eigenvalue weighted by Crippen LogP contribution is 2.32. The van der Waals surface area contributed by atoms with Crippen LogP contribution in [0.1, 0.15) is 36.1 Å². The van der Waals surface area contributed by atoms with E-state index in [0.29, 0.717) is 32.1 Å². The first-order chi connectivity index (χ1) is 17.5. The fourth-order valence-corrected chi connectivity index (χ4v) is 5.71. The van der Waals surface area contributed by atoms with Gasteiger partial charge in [-0.05, 0) is 59.8 Å². The fourth-order valence-electron chi connectivity index (χ4n) is 5.71. The minimum atomic E-state index is -0.280. The van der Waals surface area contributed by atoms with Crippen LogP contribution in [0.4, 0.5) is 8.78 Å². The number of halogens is 2. The van der Waals surface area contributed by atoms with Gasteiger partial charge < -0.3 is 4.90 Å². The molecule has 2 aliphatic rings. The van der Waals surface area contributed by atoms with Crippen molar-refractivity contribution in [3.63, 3.8) is 0 Å². The molecule has 2 atom stereocenters. The summed E-state index contributed by atoms with van der Waals surface area (Å²) < 4.78 is 27.3. The van der Waals surface area contributed by atoms with Gasteiger partial charge in [-0.3, -0.25) is 14.6 Å². The van der Waals surface area contributed by atoms with E-state index in [0.717, 1.165) is 30.6 Å². The van der Waals surface area contributed by atoms with Gasteiger partial charge >= 0.3 is 0 Å². The summed E-state index contributed by atoms with van der Waals surface area (Å²) in [4.78, 5) is 20.3. The van der Waals surface area contributed by atoms with Crippen LogP contribution in [-0.2, 0) is 11.3 Å². The molecule has 0 radical (unpaired) electrons. The van der Waals surface area contributed by atoms with Crippen LogP contribution >= 0.6 is 0 Å². The SMILES string of the molecule is C[C@H]1CCN(Cc2ccccc2)[C@@H]1C(=O)N1CCN(C(c2ccc(F)cc2)c2ccc(F)cc2)CC1. The summed E-state index contributed by atoms with van der Waals surface area (Å²) in [6, 6.07) is 23.2. The lowest BCUT2D eigenvalue weighted by molar-refractivity contribution is -0.139. The Balaban J connectivity index is 1.29. The molecule has 1 amide bonds. The van der Waals surface area contributed by atoms with Crippen LogP contribution in [0.5, 0.6) is 0 Å². The smallest absolute Gasteiger partial charge is 0.240 e. The van der Waals surface area contributed by atoms with Crippen molar-refractivity contribution in [1.82, 2.24) is 14.7 Å². The highest BCUT2D eigenvalue weighted by Gasteiger charge is 2.40. The van der Waals surface area contributed by atoms with Crippen molar-refractivity contribution in [1.29, 1.82) is 0 Å². The van der Waals surface area contributed by atoms with E-state index in [-0.39, 0.29) is 29.6 Å². The molecule has 3 aromatic carbocycles. The number of hydrogen-bond donors (Lipinski definition) is 0. The zero-order valence-corrected chi connectivity index (χ0v) is 20.7. The van der Waals surface area contributed by atoms with Gasteiger partial charge in [0.25, 0.3) is 0 Å². The molecule has 0 saturated carbocycles. The van der Waals surface area contributed by atoms with Gasteiger partial charge in [0, 0.05) is 32.7 Å². The molecule has 2 fully saturated rings. The monoisotopic (exact) mass is 489 g/mol. The van der Waals surface area contributed by atoms with Gasteiger partial charge in [0.2, 0.25) is 5.91 Å². The van der Waals surface area contributed by atoms with Crippen molar-refractivity contribution in [3.8, 4) is 0 Å². The number of piperazine rings is 1. The Bertz CT molecular complexity index is 1100. The van der Waals surface area contributed by atoms with Gasteiger partial charge in [0.05, 0.1) is 12.1 Å². The Kier molecular flexibility index (Phi) is 7.44. The third kappa shape index (κ3) is 5.35. The van der Waals surface area contributed by atoms with Gasteiger partial charge in [-0.1, -0.05) is 61.5 Å². The molecule has 0 unspecified atom stereocenters. The topological polar surface area (TPSA) is 26.8 Å². The van der Waals surface area contributed by atoms with Gasteiger partial charge in [0.1, 0.15) is 11.6 Å². The summed E-state index contributed by atoms with van der Waals surface area (Å²) in [7, 11) is 0. The largest absolute Gasteiger partial charge is 0.339 e. The molecule has 0 aromatic heterocycles. The van der Waals surface area contributed by atoms with Crippen LogP contribution in [0.25, 0.3) is 0 Å². The Morgan fingerprint density at radius 1 is 0.806 bits per heavy atom. The molecule has 0 aliphatic carbocycles. The second kappa shape index (κ2) is 10.9. The van der Waals surface area contributed by atoms with Crippen molar-refractivity contribution < 1.29 is 13.6 Å². The summed E-state index contributed by atoms with van der Waals surface area (Å²) in [6.07, 6.45) is 1.03. The number of hydrogen-bond acceptors (Lipinski definition) is 3. The molecule has 6 heteroatoms. The molecule has 3 aromatic rings. The molecule has 36 heavy (non-hydrogen) atoms. The van der Waals surface area contributed by atoms with E-state index in [1.807, 2.05) is 23.1 Å². The number of rotatable bonds is 6. The number of carbonyl (C=O) groups excluding carboxylic acids is 1. The van der Waals surface area contributed by atoms with Gasteiger partial charge in [-0.15, -0.1) is 0 Å². The summed E-state index contributed by atoms with van der Waals surface area (Å²) in [6.45, 7) is 6.58. The number of benzene rings is 3. The minimum absolute atomic E-state index is 0.0956. The van der Waals surface area contributed by atoms with Crippen LogP contribution in [0.15, 0.2) is 78.9 Å². The van der Waals surface area contributed by atoms with Crippen molar-refractivity contribution in [3.05, 3.63) is 107 Å². The predicted octanol–water partition coefficient (Wildman–Crippen LogP) is 5.11. The van der Waals surface area contributed by atoms with E-state index in [1.165, 1.54) is 29.8 Å². The molecule has 5 rings (SSSR count). The average molecular weight is 490 g/mol. The van der Waals surface area contributed by atoms with Crippen LogP contribution in [0.3, 0.4) is 0 Å². The number of carbonyl (C=O) groups is 1. The zero-order chi connectivity index (χ0) is 25.1. The molecule has 0 spiro atoms. The van der Waals surface area contributed by atoms with Crippen molar-refractivity contribution in [2.75, 3.05) is 32.7 Å². The Morgan fingerprint density at radius 2 is 1.36 bits per heavy atom. The molecule has 188 valence electrons. The van der Waals surface area contributed by atoms with E-state index < -0.39 is 0 Å². The first kappa shape index (κ1) is 24.6. The van der Waals surface area contributed by atoms with E-state index in [9.17, 15) is 13.6 Å². The van der Waals surface area contributed by atoms with Gasteiger partial charge in [0.15, 0.2) is 0 Å². The maximum atomic E-state index is 13.7. The van der Waals surface area contributed by atoms with E-state index in [1.54, 1.807) is 24.3 Å². The highest BCUT2D eigenvalue weighted by atomic mass is 19.1. The van der Waals surface area contributed by atoms with E-state index in [2.05, 4.69) is 28.9 Å². The Hall–Kier alpha value is -3.09. The average Bonchev–Trinajstić information content (AvgIpc) is 3.26. The summed E-state index contributed by atoms with van der Waals surface area (Å²) in [5, 5.41) is 0. The lowest BCUT2D eigenvalue weighted by Crippen LogP contribution is -2.55. The second-order valence-corrected chi connectivity index (χ2v) is 10.0. The maximum Gasteiger partial charge on any atom is 0.240 e. The molecule has 0 bridgehead atoms. The highest BCUT2D eigenvalue weighted by molar-refractivity contribution is 5.82. The lowest BCUT2D eigenvalue weighted by atomic mass is 9.96. The van der Waals surface area contributed by atoms with Crippen LogP contribution in [-0.4, -0.2) is 59.4 Å². The third-order valence-corrected chi connectivity index (χ3v) is 7.65. The summed E-state index contributed by atoms with van der Waals surface area (Å²) in [5.41, 5.74) is 3.15. The molecule has 2 heterocycles. The maximum absolute atomic E-state index is 13.7. The zero-order valence-electron chi connectivity index (χ0n) is 20.7. The van der Waals surface area contributed by atoms with Crippen LogP contribution < -0.4 is 0 Å². The lowest BCUT2D eigenvalue weighted by Gasteiger charge is -2.41. The standard InChI is InChI=1S/C30H33F2N3O/c1-22-15-16-35(21-23-5-3-2-4-6-23)28(22)30(36)34-19-17-33(18-20-34)29(24-7-11-26(31)12-8-24)25-9-13-27(32)14-10-25/h2-14,22,28-29H,15-21H2,1H3/t22-,28-/m0/s1. The van der Waals surface area contributed by atoms with Gasteiger partial charge in [-0.2, -0.15) is 0 Å². The molecular formula is C30H33F2N3O. The first-order valence-corrected chi connectivity index (χ1v) is 12.8. The van der Waals surface area contributed by atoms with Crippen LogP contribution in [0.2, 0.25) is 0 Å². The first-order valence-electron chi connectivity index (χ1n) is 12.8. The predicted molar refractivity (Wildman–Crippen MR) is 137 cm³/mol. The van der Waals surface area contributed by atoms with Crippen LogP contribution in [0, 0.1) is 17.6 Å². The van der Waals surface area contributed by atoms with E-state index in [4.69, 9.17) is 0 Å². The Labute approximate surface area is 212 Å². The molecule has 2 saturated heterocycles. The molecule has 0 N–H and O–H groups in total.